The third-order valence-electron chi connectivity index (χ3n) is 3.16. The smallest absolute Gasteiger partial charge is 0.133 e. The van der Waals surface area contributed by atoms with E-state index in [0.29, 0.717) is 18.7 Å². The molecule has 0 amide bonds. The van der Waals surface area contributed by atoms with Gasteiger partial charge in [0.15, 0.2) is 0 Å². The van der Waals surface area contributed by atoms with Crippen molar-refractivity contribution < 1.29 is 9.50 Å². The van der Waals surface area contributed by atoms with Crippen molar-refractivity contribution in [3.63, 3.8) is 0 Å². The topological polar surface area (TPSA) is 45.1 Å². The van der Waals surface area contributed by atoms with Crippen molar-refractivity contribution in [2.24, 2.45) is 0 Å². The van der Waals surface area contributed by atoms with Crippen molar-refractivity contribution in [2.45, 2.75) is 12.6 Å². The molecule has 2 aromatic heterocycles. The van der Waals surface area contributed by atoms with Crippen LogP contribution >= 0.6 is 22.7 Å². The van der Waals surface area contributed by atoms with E-state index in [9.17, 15) is 9.50 Å². The van der Waals surface area contributed by atoms with E-state index in [1.165, 1.54) is 12.1 Å². The summed E-state index contributed by atoms with van der Waals surface area (Å²) in [7, 11) is 0. The van der Waals surface area contributed by atoms with Gasteiger partial charge in [0.2, 0.25) is 0 Å². The first kappa shape index (κ1) is 15.3. The quantitative estimate of drug-likeness (QED) is 0.720. The molecule has 0 saturated carbocycles. The number of aliphatic hydroxyl groups excluding tert-OH is 1. The van der Waals surface area contributed by atoms with Gasteiger partial charge in [0.25, 0.3) is 0 Å². The van der Waals surface area contributed by atoms with Crippen molar-refractivity contribution in [1.82, 2.24) is 10.3 Å². The molecule has 6 heteroatoms. The molecular formula is C16H15FN2OS2. The summed E-state index contributed by atoms with van der Waals surface area (Å²) >= 11 is 3.28. The average Bonchev–Trinajstić information content (AvgIpc) is 3.18. The first-order valence-corrected chi connectivity index (χ1v) is 8.61. The molecule has 3 rings (SSSR count). The van der Waals surface area contributed by atoms with E-state index in [2.05, 4.69) is 16.4 Å². The maximum Gasteiger partial charge on any atom is 0.133 e. The maximum atomic E-state index is 13.1. The van der Waals surface area contributed by atoms with Crippen LogP contribution in [0.2, 0.25) is 0 Å². The van der Waals surface area contributed by atoms with Gasteiger partial charge in [0.1, 0.15) is 10.8 Å². The lowest BCUT2D eigenvalue weighted by molar-refractivity contribution is 0.174. The van der Waals surface area contributed by atoms with E-state index >= 15 is 0 Å². The maximum absolute atomic E-state index is 13.1. The van der Waals surface area contributed by atoms with Crippen LogP contribution in [0.4, 0.5) is 4.39 Å². The zero-order chi connectivity index (χ0) is 15.4. The van der Waals surface area contributed by atoms with Crippen molar-refractivity contribution in [2.75, 3.05) is 6.54 Å². The molecule has 0 saturated heterocycles. The van der Waals surface area contributed by atoms with Crippen LogP contribution in [0.15, 0.2) is 47.2 Å². The lowest BCUT2D eigenvalue weighted by atomic mass is 10.1. The van der Waals surface area contributed by atoms with Gasteiger partial charge in [-0.2, -0.15) is 0 Å². The Morgan fingerprint density at radius 3 is 2.91 bits per heavy atom. The third kappa shape index (κ3) is 3.78. The van der Waals surface area contributed by atoms with Crippen molar-refractivity contribution >= 4 is 22.7 Å². The highest BCUT2D eigenvalue weighted by Gasteiger charge is 2.09. The number of hydrogen-bond donors (Lipinski definition) is 2. The minimum atomic E-state index is -0.730. The normalized spacial score (nSPS) is 12.5. The number of aromatic nitrogens is 1. The summed E-state index contributed by atoms with van der Waals surface area (Å²) in [6, 6.07) is 10.1. The zero-order valence-corrected chi connectivity index (χ0v) is 13.3. The largest absolute Gasteiger partial charge is 0.387 e. The molecule has 0 aliphatic heterocycles. The van der Waals surface area contributed by atoms with Crippen molar-refractivity contribution in [3.05, 3.63) is 64.2 Å². The molecule has 1 aromatic carbocycles. The van der Waals surface area contributed by atoms with E-state index in [1.54, 1.807) is 34.8 Å². The predicted octanol–water partition coefficient (Wildman–Crippen LogP) is 3.83. The molecule has 0 fully saturated rings. The van der Waals surface area contributed by atoms with Gasteiger partial charge in [-0.25, -0.2) is 9.37 Å². The highest BCUT2D eigenvalue weighted by atomic mass is 32.1. The van der Waals surface area contributed by atoms with E-state index in [1.807, 2.05) is 16.8 Å². The number of aliphatic hydroxyl groups is 1. The second-order valence-corrected chi connectivity index (χ2v) is 6.63. The monoisotopic (exact) mass is 334 g/mol. The number of hydrogen-bond acceptors (Lipinski definition) is 5. The Bertz CT molecular complexity index is 727. The Morgan fingerprint density at radius 2 is 2.14 bits per heavy atom. The fraction of sp³-hybridized carbons (Fsp3) is 0.188. The molecule has 2 heterocycles. The van der Waals surface area contributed by atoms with Crippen LogP contribution in [-0.4, -0.2) is 16.6 Å². The van der Waals surface area contributed by atoms with Gasteiger partial charge in [-0.05, 0) is 29.1 Å². The number of rotatable bonds is 6. The molecule has 0 aliphatic rings. The number of thiazole rings is 1. The third-order valence-corrected chi connectivity index (χ3v) is 5.09. The standard InChI is InChI=1S/C16H15FN2OS2/c17-12-4-1-3-11(7-12)14(20)9-18-8-13-10-22-16(19-13)15-5-2-6-21-15/h1-7,10,14,18,20H,8-9H2/t14-/m0/s1. The van der Waals surface area contributed by atoms with Crippen LogP contribution in [0.3, 0.4) is 0 Å². The molecule has 114 valence electrons. The zero-order valence-electron chi connectivity index (χ0n) is 11.7. The molecule has 3 nitrogen and oxygen atoms in total. The SMILES string of the molecule is O[C@@H](CNCc1csc(-c2cccs2)n1)c1cccc(F)c1. The summed E-state index contributed by atoms with van der Waals surface area (Å²) in [5.41, 5.74) is 1.52. The minimum absolute atomic E-state index is 0.336. The fourth-order valence-electron chi connectivity index (χ4n) is 2.07. The minimum Gasteiger partial charge on any atom is -0.387 e. The summed E-state index contributed by atoms with van der Waals surface area (Å²) in [6.07, 6.45) is -0.730. The van der Waals surface area contributed by atoms with Gasteiger partial charge in [0, 0.05) is 18.5 Å². The highest BCUT2D eigenvalue weighted by Crippen LogP contribution is 2.27. The first-order valence-electron chi connectivity index (χ1n) is 6.85. The lowest BCUT2D eigenvalue weighted by Crippen LogP contribution is -2.21. The Kier molecular flexibility index (Phi) is 4.94. The summed E-state index contributed by atoms with van der Waals surface area (Å²) in [6.45, 7) is 0.934. The molecule has 3 aromatic rings. The van der Waals surface area contributed by atoms with Crippen LogP contribution in [0.1, 0.15) is 17.4 Å². The van der Waals surface area contributed by atoms with Crippen LogP contribution in [-0.2, 0) is 6.54 Å². The highest BCUT2D eigenvalue weighted by molar-refractivity contribution is 7.20. The molecule has 0 bridgehead atoms. The van der Waals surface area contributed by atoms with Crippen LogP contribution in [0, 0.1) is 5.82 Å². The Balaban J connectivity index is 1.53. The van der Waals surface area contributed by atoms with Gasteiger partial charge in [0.05, 0.1) is 16.7 Å². The van der Waals surface area contributed by atoms with E-state index < -0.39 is 6.10 Å². The molecule has 2 N–H and O–H groups in total. The molecule has 22 heavy (non-hydrogen) atoms. The molecule has 0 radical (unpaired) electrons. The van der Waals surface area contributed by atoms with Crippen LogP contribution in [0.25, 0.3) is 9.88 Å². The number of nitrogens with one attached hydrogen (secondary N) is 1. The molecule has 0 spiro atoms. The van der Waals surface area contributed by atoms with E-state index in [0.717, 1.165) is 15.6 Å². The Labute approximate surface area is 136 Å². The Hall–Kier alpha value is -1.60. The van der Waals surface area contributed by atoms with Gasteiger partial charge >= 0.3 is 0 Å². The first-order chi connectivity index (χ1) is 10.7. The van der Waals surface area contributed by atoms with Gasteiger partial charge < -0.3 is 10.4 Å². The predicted molar refractivity (Wildman–Crippen MR) is 88.5 cm³/mol. The van der Waals surface area contributed by atoms with E-state index in [4.69, 9.17) is 0 Å². The molecule has 1 atom stereocenters. The Morgan fingerprint density at radius 1 is 1.23 bits per heavy atom. The van der Waals surface area contributed by atoms with Gasteiger partial charge in [-0.15, -0.1) is 22.7 Å². The molecule has 0 unspecified atom stereocenters. The molecular weight excluding hydrogens is 319 g/mol. The second-order valence-electron chi connectivity index (χ2n) is 4.82. The van der Waals surface area contributed by atoms with Gasteiger partial charge in [-0.1, -0.05) is 18.2 Å². The number of benzene rings is 1. The van der Waals surface area contributed by atoms with Crippen molar-refractivity contribution in [1.29, 1.82) is 0 Å². The number of halogens is 1. The summed E-state index contributed by atoms with van der Waals surface area (Å²) in [5, 5.41) is 18.2. The van der Waals surface area contributed by atoms with Crippen LogP contribution in [0.5, 0.6) is 0 Å². The number of nitrogens with zero attached hydrogens (tertiary/aromatic N) is 1. The van der Waals surface area contributed by atoms with Crippen LogP contribution < -0.4 is 5.32 Å². The lowest BCUT2D eigenvalue weighted by Gasteiger charge is -2.11. The number of thiophene rings is 1. The average molecular weight is 334 g/mol. The summed E-state index contributed by atoms with van der Waals surface area (Å²) < 4.78 is 13.1. The van der Waals surface area contributed by atoms with Crippen molar-refractivity contribution in [3.8, 4) is 9.88 Å². The summed E-state index contributed by atoms with van der Waals surface area (Å²) in [5.74, 6) is -0.336. The fourth-order valence-corrected chi connectivity index (χ4v) is 3.70. The molecule has 0 aliphatic carbocycles. The van der Waals surface area contributed by atoms with Gasteiger partial charge in [-0.3, -0.25) is 0 Å². The van der Waals surface area contributed by atoms with E-state index in [-0.39, 0.29) is 5.82 Å². The second kappa shape index (κ2) is 7.11. The summed E-state index contributed by atoms with van der Waals surface area (Å²) in [4.78, 5) is 5.72.